The third-order valence-electron chi connectivity index (χ3n) is 4.42. The van der Waals surface area contributed by atoms with Gasteiger partial charge in [0.15, 0.2) is 0 Å². The molecule has 5 nitrogen and oxygen atoms in total. The summed E-state index contributed by atoms with van der Waals surface area (Å²) in [4.78, 5) is 24.3. The number of aryl methyl sites for hydroxylation is 1. The summed E-state index contributed by atoms with van der Waals surface area (Å²) in [7, 11) is 0. The number of nitrogens with zero attached hydrogens (tertiary/aromatic N) is 1. The van der Waals surface area contributed by atoms with E-state index in [9.17, 15) is 9.59 Å². The topological polar surface area (TPSA) is 61.4 Å². The Bertz CT molecular complexity index is 1270. The minimum atomic E-state index is -0.696. The molecule has 0 aliphatic rings. The van der Waals surface area contributed by atoms with E-state index in [-0.39, 0.29) is 13.2 Å². The zero-order valence-corrected chi connectivity index (χ0v) is 16.2. The van der Waals surface area contributed by atoms with E-state index in [1.807, 2.05) is 55.5 Å². The molecule has 1 heterocycles. The molecule has 4 aromatic rings. The molecular weight excluding hydrogens is 410 g/mol. The molecule has 0 unspecified atom stereocenters. The Morgan fingerprint density at radius 2 is 1.81 bits per heavy atom. The van der Waals surface area contributed by atoms with E-state index in [0.29, 0.717) is 15.4 Å². The van der Waals surface area contributed by atoms with Crippen LogP contribution in [0.25, 0.3) is 21.7 Å². The maximum atomic E-state index is 12.3. The van der Waals surface area contributed by atoms with Gasteiger partial charge in [-0.15, -0.1) is 0 Å². The van der Waals surface area contributed by atoms with Gasteiger partial charge < -0.3 is 9.15 Å². The molecule has 6 heteroatoms. The van der Waals surface area contributed by atoms with Crippen molar-refractivity contribution in [1.29, 1.82) is 0 Å². The minimum Gasteiger partial charge on any atom is -0.491 e. The van der Waals surface area contributed by atoms with Gasteiger partial charge >= 0.3 is 11.4 Å². The van der Waals surface area contributed by atoms with Gasteiger partial charge in [0, 0.05) is 9.86 Å². The van der Waals surface area contributed by atoms with Crippen molar-refractivity contribution in [3.05, 3.63) is 85.6 Å². The fourth-order valence-electron chi connectivity index (χ4n) is 3.22. The smallest absolute Gasteiger partial charge is 0.422 e. The first-order chi connectivity index (χ1) is 13.0. The maximum absolute atomic E-state index is 12.3. The number of aromatic nitrogens is 1. The lowest BCUT2D eigenvalue weighted by Crippen LogP contribution is -2.27. The van der Waals surface area contributed by atoms with Crippen molar-refractivity contribution in [2.45, 2.75) is 13.5 Å². The van der Waals surface area contributed by atoms with Gasteiger partial charge in [-0.2, -0.15) is 0 Å². The zero-order chi connectivity index (χ0) is 19.0. The van der Waals surface area contributed by atoms with Crippen LogP contribution in [-0.2, 0) is 6.54 Å². The van der Waals surface area contributed by atoms with Gasteiger partial charge in [0.1, 0.15) is 12.4 Å². The van der Waals surface area contributed by atoms with E-state index in [1.54, 1.807) is 6.07 Å². The van der Waals surface area contributed by atoms with Crippen LogP contribution in [0.3, 0.4) is 0 Å². The largest absolute Gasteiger partial charge is 0.491 e. The van der Waals surface area contributed by atoms with Crippen molar-refractivity contribution >= 4 is 37.6 Å². The number of ether oxygens (including phenoxy) is 1. The second kappa shape index (κ2) is 7.04. The molecule has 0 aliphatic carbocycles. The zero-order valence-electron chi connectivity index (χ0n) is 14.6. The summed E-state index contributed by atoms with van der Waals surface area (Å²) in [5.41, 5.74) is 0.785. The molecule has 4 rings (SSSR count). The lowest BCUT2D eigenvalue weighted by molar-refractivity contribution is 0.290. The molecule has 0 atom stereocenters. The standard InChI is InChI=1S/C21H16BrNO4/c1-13-11-16-19(17(22)12-13)23(21(25)27-20(16)24)9-10-26-18-8-4-6-14-5-2-3-7-15(14)18/h2-8,11-12H,9-10H2,1H3. The molecule has 0 bridgehead atoms. The fraction of sp³-hybridized carbons (Fsp3) is 0.143. The van der Waals surface area contributed by atoms with Gasteiger partial charge in [0.05, 0.1) is 17.4 Å². The second-order valence-electron chi connectivity index (χ2n) is 6.28. The molecule has 1 aromatic heterocycles. The van der Waals surface area contributed by atoms with Gasteiger partial charge in [-0.25, -0.2) is 9.59 Å². The highest BCUT2D eigenvalue weighted by Gasteiger charge is 2.13. The summed E-state index contributed by atoms with van der Waals surface area (Å²) < 4.78 is 12.9. The number of benzene rings is 3. The van der Waals surface area contributed by atoms with Gasteiger partial charge in [-0.05, 0) is 52.0 Å². The predicted octanol–water partition coefficient (Wildman–Crippen LogP) is 4.26. The van der Waals surface area contributed by atoms with E-state index < -0.39 is 11.4 Å². The van der Waals surface area contributed by atoms with Crippen LogP contribution in [0.2, 0.25) is 0 Å². The van der Waals surface area contributed by atoms with E-state index in [1.165, 1.54) is 4.57 Å². The van der Waals surface area contributed by atoms with Gasteiger partial charge in [-0.1, -0.05) is 36.4 Å². The SMILES string of the molecule is Cc1cc(Br)c2c(c1)c(=O)oc(=O)n2CCOc1cccc2ccccc12. The van der Waals surface area contributed by atoms with Gasteiger partial charge in [-0.3, -0.25) is 4.57 Å². The van der Waals surface area contributed by atoms with Crippen LogP contribution in [-0.4, -0.2) is 11.2 Å². The van der Waals surface area contributed by atoms with E-state index in [4.69, 9.17) is 9.15 Å². The summed E-state index contributed by atoms with van der Waals surface area (Å²) in [6, 6.07) is 17.4. The molecule has 0 N–H and O–H groups in total. The quantitative estimate of drug-likeness (QED) is 0.490. The monoisotopic (exact) mass is 425 g/mol. The normalized spacial score (nSPS) is 11.2. The highest BCUT2D eigenvalue weighted by Crippen LogP contribution is 2.26. The first kappa shape index (κ1) is 17.5. The Morgan fingerprint density at radius 3 is 2.67 bits per heavy atom. The summed E-state index contributed by atoms with van der Waals surface area (Å²) in [6.07, 6.45) is 0. The molecule has 0 saturated heterocycles. The minimum absolute atomic E-state index is 0.254. The van der Waals surface area contributed by atoms with Crippen LogP contribution >= 0.6 is 15.9 Å². The van der Waals surface area contributed by atoms with Crippen molar-refractivity contribution in [1.82, 2.24) is 4.57 Å². The first-order valence-electron chi connectivity index (χ1n) is 8.49. The maximum Gasteiger partial charge on any atom is 0.422 e. The van der Waals surface area contributed by atoms with Crippen LogP contribution in [0, 0.1) is 6.92 Å². The number of fused-ring (bicyclic) bond motifs is 2. The van der Waals surface area contributed by atoms with Crippen molar-refractivity contribution in [3.63, 3.8) is 0 Å². The summed E-state index contributed by atoms with van der Waals surface area (Å²) in [6.45, 7) is 2.39. The first-order valence-corrected chi connectivity index (χ1v) is 9.28. The molecule has 0 amide bonds. The Hall–Kier alpha value is -2.86. The lowest BCUT2D eigenvalue weighted by Gasteiger charge is -2.13. The Kier molecular flexibility index (Phi) is 4.58. The molecule has 0 aliphatic heterocycles. The third kappa shape index (κ3) is 3.28. The van der Waals surface area contributed by atoms with Gasteiger partial charge in [0.2, 0.25) is 0 Å². The number of rotatable bonds is 4. The molecule has 27 heavy (non-hydrogen) atoms. The van der Waals surface area contributed by atoms with Crippen molar-refractivity contribution in [3.8, 4) is 5.75 Å². The molecule has 0 radical (unpaired) electrons. The average Bonchev–Trinajstić information content (AvgIpc) is 2.64. The van der Waals surface area contributed by atoms with E-state index in [2.05, 4.69) is 15.9 Å². The highest BCUT2D eigenvalue weighted by molar-refractivity contribution is 9.10. The number of hydrogen-bond acceptors (Lipinski definition) is 4. The van der Waals surface area contributed by atoms with E-state index >= 15 is 0 Å². The Morgan fingerprint density at radius 1 is 1.04 bits per heavy atom. The molecule has 3 aromatic carbocycles. The summed E-state index contributed by atoms with van der Waals surface area (Å²) >= 11 is 3.46. The summed E-state index contributed by atoms with van der Waals surface area (Å²) in [5, 5.41) is 2.46. The van der Waals surface area contributed by atoms with Crippen LogP contribution in [0.4, 0.5) is 0 Å². The third-order valence-corrected chi connectivity index (χ3v) is 5.02. The van der Waals surface area contributed by atoms with E-state index in [0.717, 1.165) is 22.1 Å². The Labute approximate surface area is 162 Å². The molecule has 0 spiro atoms. The van der Waals surface area contributed by atoms with Gasteiger partial charge in [0.25, 0.3) is 0 Å². The molecular formula is C21H16BrNO4. The molecule has 0 fully saturated rings. The van der Waals surface area contributed by atoms with Crippen LogP contribution in [0.5, 0.6) is 5.75 Å². The van der Waals surface area contributed by atoms with Crippen LogP contribution in [0.1, 0.15) is 5.56 Å². The lowest BCUT2D eigenvalue weighted by atomic mass is 10.1. The molecule has 0 saturated carbocycles. The van der Waals surface area contributed by atoms with Crippen molar-refractivity contribution < 1.29 is 9.15 Å². The summed E-state index contributed by atoms with van der Waals surface area (Å²) in [5.74, 6) is 0.0521. The number of halogens is 1. The van der Waals surface area contributed by atoms with Crippen molar-refractivity contribution in [2.75, 3.05) is 6.61 Å². The predicted molar refractivity (Wildman–Crippen MR) is 109 cm³/mol. The molecule has 136 valence electrons. The Balaban J connectivity index is 1.68. The average molecular weight is 426 g/mol. The highest BCUT2D eigenvalue weighted by atomic mass is 79.9. The second-order valence-corrected chi connectivity index (χ2v) is 7.13. The van der Waals surface area contributed by atoms with Crippen LogP contribution < -0.4 is 16.1 Å². The fourth-order valence-corrected chi connectivity index (χ4v) is 4.01. The van der Waals surface area contributed by atoms with Crippen LogP contribution in [0.15, 0.2) is 73.1 Å². The number of hydrogen-bond donors (Lipinski definition) is 0. The van der Waals surface area contributed by atoms with Crippen molar-refractivity contribution in [2.24, 2.45) is 0 Å².